The van der Waals surface area contributed by atoms with Crippen molar-refractivity contribution >= 4 is 39.3 Å². The molecule has 35 heavy (non-hydrogen) atoms. The van der Waals surface area contributed by atoms with Gasteiger partial charge in [-0.1, -0.05) is 58.9 Å². The fourth-order valence-corrected chi connectivity index (χ4v) is 5.09. The first kappa shape index (κ1) is 21.2. The molecule has 3 aromatic carbocycles. The summed E-state index contributed by atoms with van der Waals surface area (Å²) in [5, 5.41) is 18.6. The number of nitrogens with zero attached hydrogens (tertiary/aromatic N) is 7. The molecule has 0 unspecified atom stereocenters. The Morgan fingerprint density at radius 3 is 2.43 bits per heavy atom. The number of para-hydroxylation sites is 1. The summed E-state index contributed by atoms with van der Waals surface area (Å²) in [5.41, 5.74) is 3.66. The number of fused-ring (bicyclic) bond motifs is 4. The molecule has 0 radical (unpaired) electrons. The van der Waals surface area contributed by atoms with Gasteiger partial charge in [-0.25, -0.2) is 4.57 Å². The van der Waals surface area contributed by atoms with Crippen molar-refractivity contribution < 1.29 is 0 Å². The molecule has 0 saturated carbocycles. The highest BCUT2D eigenvalue weighted by molar-refractivity contribution is 7.98. The molecule has 0 aliphatic heterocycles. The second-order valence-corrected chi connectivity index (χ2v) is 9.16. The van der Waals surface area contributed by atoms with E-state index in [9.17, 15) is 9.59 Å². The van der Waals surface area contributed by atoms with Gasteiger partial charge < -0.3 is 0 Å². The highest BCUT2D eigenvalue weighted by Crippen LogP contribution is 2.25. The second-order valence-electron chi connectivity index (χ2n) is 8.25. The fraction of sp³-hybridized carbons (Fsp3) is 0.120. The molecule has 9 nitrogen and oxygen atoms in total. The van der Waals surface area contributed by atoms with Crippen LogP contribution in [-0.2, 0) is 5.88 Å². The molecule has 0 spiro atoms. The minimum absolute atomic E-state index is 0.166. The first-order valence-electron chi connectivity index (χ1n) is 10.9. The molecule has 0 atom stereocenters. The smallest absolute Gasteiger partial charge is 0.268 e. The zero-order valence-electron chi connectivity index (χ0n) is 18.9. The molecule has 6 aromatic rings. The number of thioether (sulfide) groups is 1. The Labute approximate surface area is 202 Å². The number of aromatic nitrogens is 7. The van der Waals surface area contributed by atoms with E-state index in [4.69, 9.17) is 0 Å². The van der Waals surface area contributed by atoms with E-state index in [1.54, 1.807) is 28.8 Å². The van der Waals surface area contributed by atoms with Gasteiger partial charge in [0.1, 0.15) is 5.52 Å². The quantitative estimate of drug-likeness (QED) is 0.355. The Bertz CT molecular complexity index is 1890. The Hall–Kier alpha value is -4.31. The topological polar surface area (TPSA) is 100.0 Å². The average molecular weight is 482 g/mol. The summed E-state index contributed by atoms with van der Waals surface area (Å²) < 4.78 is 4.74. The van der Waals surface area contributed by atoms with Crippen LogP contribution in [0.25, 0.3) is 33.3 Å². The molecule has 10 heteroatoms. The van der Waals surface area contributed by atoms with Crippen LogP contribution >= 0.6 is 11.8 Å². The molecule has 172 valence electrons. The van der Waals surface area contributed by atoms with Crippen LogP contribution < -0.4 is 11.1 Å². The van der Waals surface area contributed by atoms with Crippen molar-refractivity contribution in [1.82, 2.24) is 34.2 Å². The van der Waals surface area contributed by atoms with Gasteiger partial charge in [-0.2, -0.15) is 4.68 Å². The van der Waals surface area contributed by atoms with Crippen molar-refractivity contribution in [2.75, 3.05) is 0 Å². The van der Waals surface area contributed by atoms with Gasteiger partial charge in [-0.3, -0.25) is 14.0 Å². The lowest BCUT2D eigenvalue weighted by Crippen LogP contribution is -2.23. The minimum Gasteiger partial charge on any atom is -0.268 e. The van der Waals surface area contributed by atoms with E-state index in [0.717, 1.165) is 16.8 Å². The predicted molar refractivity (Wildman–Crippen MR) is 135 cm³/mol. The Morgan fingerprint density at radius 1 is 0.829 bits per heavy atom. The average Bonchev–Trinajstić information content (AvgIpc) is 3.29. The van der Waals surface area contributed by atoms with Crippen LogP contribution in [0, 0.1) is 13.8 Å². The summed E-state index contributed by atoms with van der Waals surface area (Å²) in [6, 6.07) is 20.4. The van der Waals surface area contributed by atoms with Crippen molar-refractivity contribution in [3.05, 3.63) is 98.6 Å². The van der Waals surface area contributed by atoms with Gasteiger partial charge in [-0.15, -0.1) is 15.3 Å². The lowest BCUT2D eigenvalue weighted by molar-refractivity contribution is 0.643. The first-order chi connectivity index (χ1) is 17.0. The SMILES string of the molecule is Cc1ccc(-n2c(=O)c3ccccc3n3c(SCn4nnc5ccccc5c4=O)nnc23)c(C)c1. The maximum Gasteiger partial charge on any atom is 0.278 e. The van der Waals surface area contributed by atoms with Gasteiger partial charge in [0.2, 0.25) is 5.78 Å². The summed E-state index contributed by atoms with van der Waals surface area (Å²) in [4.78, 5) is 26.4. The Kier molecular flexibility index (Phi) is 4.96. The maximum atomic E-state index is 13.5. The molecule has 0 fully saturated rings. The summed E-state index contributed by atoms with van der Waals surface area (Å²) in [7, 11) is 0. The standard InChI is InChI=1S/C25H19N7O2S/c1-15-11-12-20(16(2)13-15)31-23(34)18-8-4-6-10-21(18)32-24(31)27-28-25(32)35-14-30-22(33)17-7-3-5-9-19(17)26-29-30/h3-13H,14H2,1-2H3. The van der Waals surface area contributed by atoms with Crippen LogP contribution in [0.4, 0.5) is 0 Å². The third kappa shape index (κ3) is 3.41. The molecule has 3 heterocycles. The van der Waals surface area contributed by atoms with E-state index in [-0.39, 0.29) is 17.0 Å². The predicted octanol–water partition coefficient (Wildman–Crippen LogP) is 3.50. The van der Waals surface area contributed by atoms with E-state index in [1.165, 1.54) is 16.4 Å². The number of hydrogen-bond donors (Lipinski definition) is 0. The summed E-state index contributed by atoms with van der Waals surface area (Å²) in [6.07, 6.45) is 0. The van der Waals surface area contributed by atoms with E-state index in [0.29, 0.717) is 32.7 Å². The van der Waals surface area contributed by atoms with Crippen LogP contribution in [0.5, 0.6) is 0 Å². The van der Waals surface area contributed by atoms with Crippen LogP contribution in [0.3, 0.4) is 0 Å². The van der Waals surface area contributed by atoms with Crippen LogP contribution in [-0.4, -0.2) is 34.2 Å². The van der Waals surface area contributed by atoms with Crippen molar-refractivity contribution in [3.8, 4) is 5.69 Å². The molecule has 0 aliphatic rings. The first-order valence-corrected chi connectivity index (χ1v) is 11.9. The van der Waals surface area contributed by atoms with Gasteiger partial charge in [-0.05, 0) is 49.7 Å². The van der Waals surface area contributed by atoms with Gasteiger partial charge >= 0.3 is 0 Å². The number of benzene rings is 3. The number of hydrogen-bond acceptors (Lipinski definition) is 7. The second kappa shape index (κ2) is 8.17. The molecule has 0 aliphatic carbocycles. The Morgan fingerprint density at radius 2 is 1.60 bits per heavy atom. The molecular formula is C25H19N7O2S. The lowest BCUT2D eigenvalue weighted by Gasteiger charge is -2.13. The van der Waals surface area contributed by atoms with Crippen molar-refractivity contribution in [2.24, 2.45) is 0 Å². The van der Waals surface area contributed by atoms with Crippen LogP contribution in [0.2, 0.25) is 0 Å². The maximum absolute atomic E-state index is 13.5. The van der Waals surface area contributed by atoms with Crippen molar-refractivity contribution in [3.63, 3.8) is 0 Å². The zero-order chi connectivity index (χ0) is 24.1. The van der Waals surface area contributed by atoms with Crippen molar-refractivity contribution in [2.45, 2.75) is 24.9 Å². The van der Waals surface area contributed by atoms with Crippen LogP contribution in [0.1, 0.15) is 11.1 Å². The fourth-order valence-electron chi connectivity index (χ4n) is 4.27. The zero-order valence-corrected chi connectivity index (χ0v) is 19.7. The van der Waals surface area contributed by atoms with Gasteiger partial charge in [0.25, 0.3) is 11.1 Å². The van der Waals surface area contributed by atoms with Gasteiger partial charge in [0.15, 0.2) is 5.16 Å². The molecule has 0 N–H and O–H groups in total. The normalized spacial score (nSPS) is 11.6. The van der Waals surface area contributed by atoms with Crippen molar-refractivity contribution in [1.29, 1.82) is 0 Å². The molecule has 6 rings (SSSR count). The van der Waals surface area contributed by atoms with E-state index in [1.807, 2.05) is 60.7 Å². The molecule has 0 saturated heterocycles. The van der Waals surface area contributed by atoms with E-state index < -0.39 is 0 Å². The van der Waals surface area contributed by atoms with Crippen LogP contribution in [0.15, 0.2) is 81.5 Å². The molecule has 0 bridgehead atoms. The summed E-state index contributed by atoms with van der Waals surface area (Å²) in [5.74, 6) is 0.592. The third-order valence-corrected chi connectivity index (χ3v) is 6.83. The summed E-state index contributed by atoms with van der Waals surface area (Å²) >= 11 is 1.30. The summed E-state index contributed by atoms with van der Waals surface area (Å²) in [6.45, 7) is 3.98. The largest absolute Gasteiger partial charge is 0.278 e. The highest BCUT2D eigenvalue weighted by atomic mass is 32.2. The van der Waals surface area contributed by atoms with Gasteiger partial charge in [0.05, 0.1) is 27.9 Å². The third-order valence-electron chi connectivity index (χ3n) is 5.93. The van der Waals surface area contributed by atoms with E-state index in [2.05, 4.69) is 20.5 Å². The van der Waals surface area contributed by atoms with Gasteiger partial charge in [0, 0.05) is 0 Å². The highest BCUT2D eigenvalue weighted by Gasteiger charge is 2.19. The monoisotopic (exact) mass is 481 g/mol. The Balaban J connectivity index is 1.52. The molecule has 3 aromatic heterocycles. The number of aryl methyl sites for hydroxylation is 2. The number of rotatable bonds is 4. The molecular weight excluding hydrogens is 462 g/mol. The minimum atomic E-state index is -0.228. The molecule has 0 amide bonds. The lowest BCUT2D eigenvalue weighted by atomic mass is 10.1. The van der Waals surface area contributed by atoms with E-state index >= 15 is 0 Å².